The van der Waals surface area contributed by atoms with E-state index in [1.807, 2.05) is 0 Å². The maximum absolute atomic E-state index is 5.76. The Morgan fingerprint density at radius 3 is 2.85 bits per heavy atom. The summed E-state index contributed by atoms with van der Waals surface area (Å²) in [7, 11) is 0. The molecule has 2 aromatic rings. The summed E-state index contributed by atoms with van der Waals surface area (Å²) in [6.07, 6.45) is 0.865. The molecule has 0 saturated carbocycles. The fraction of sp³-hybridized carbons (Fsp3) is 0.438. The van der Waals surface area contributed by atoms with Gasteiger partial charge in [0.1, 0.15) is 5.82 Å². The Balaban J connectivity index is 2.11. The molecule has 1 aliphatic heterocycles. The molecule has 1 aromatic carbocycles. The van der Waals surface area contributed by atoms with E-state index in [0.29, 0.717) is 6.54 Å². The van der Waals surface area contributed by atoms with Crippen LogP contribution in [0.25, 0.3) is 10.9 Å². The number of hydrogen-bond acceptors (Lipinski definition) is 4. The standard InChI is InChI=1S/C16H21N3O/c1-12-3-2-4-13-11-14(5-6-17)16(18-15(12)13)19-7-9-20-10-8-19/h2-4,11H,5-10,17H2,1H3. The Labute approximate surface area is 119 Å². The summed E-state index contributed by atoms with van der Waals surface area (Å²) >= 11 is 0. The van der Waals surface area contributed by atoms with E-state index in [-0.39, 0.29) is 0 Å². The third-order valence-corrected chi connectivity index (χ3v) is 3.83. The summed E-state index contributed by atoms with van der Waals surface area (Å²) in [5, 5.41) is 1.20. The second-order valence-corrected chi connectivity index (χ2v) is 5.26. The van der Waals surface area contributed by atoms with Gasteiger partial charge < -0.3 is 15.4 Å². The first kappa shape index (κ1) is 13.3. The summed E-state index contributed by atoms with van der Waals surface area (Å²) < 4.78 is 5.44. The zero-order valence-electron chi connectivity index (χ0n) is 11.9. The number of aromatic nitrogens is 1. The predicted octanol–water partition coefficient (Wildman–Crippen LogP) is 1.88. The van der Waals surface area contributed by atoms with E-state index < -0.39 is 0 Å². The van der Waals surface area contributed by atoms with Gasteiger partial charge >= 0.3 is 0 Å². The third-order valence-electron chi connectivity index (χ3n) is 3.83. The SMILES string of the molecule is Cc1cccc2cc(CCN)c(N3CCOCC3)nc12. The lowest BCUT2D eigenvalue weighted by Crippen LogP contribution is -2.37. The lowest BCUT2D eigenvalue weighted by molar-refractivity contribution is 0.122. The van der Waals surface area contributed by atoms with Crippen LogP contribution in [0.15, 0.2) is 24.3 Å². The normalized spacial score (nSPS) is 15.8. The molecule has 1 saturated heterocycles. The molecule has 0 spiro atoms. The van der Waals surface area contributed by atoms with Crippen LogP contribution in [0.3, 0.4) is 0 Å². The first-order chi connectivity index (χ1) is 9.79. The Bertz CT molecular complexity index is 606. The minimum Gasteiger partial charge on any atom is -0.378 e. The second kappa shape index (κ2) is 5.77. The molecule has 0 atom stereocenters. The smallest absolute Gasteiger partial charge is 0.132 e. The molecule has 0 aliphatic carbocycles. The van der Waals surface area contributed by atoms with Gasteiger partial charge in [-0.25, -0.2) is 4.98 Å². The molecule has 0 bridgehead atoms. The van der Waals surface area contributed by atoms with Gasteiger partial charge in [-0.1, -0.05) is 18.2 Å². The van der Waals surface area contributed by atoms with E-state index >= 15 is 0 Å². The zero-order valence-corrected chi connectivity index (χ0v) is 11.9. The minimum atomic E-state index is 0.649. The number of ether oxygens (including phenoxy) is 1. The molecule has 1 aliphatic rings. The van der Waals surface area contributed by atoms with Crippen molar-refractivity contribution in [3.05, 3.63) is 35.4 Å². The highest BCUT2D eigenvalue weighted by molar-refractivity contribution is 5.84. The lowest BCUT2D eigenvalue weighted by atomic mass is 10.1. The van der Waals surface area contributed by atoms with Crippen LogP contribution in [0.4, 0.5) is 5.82 Å². The van der Waals surface area contributed by atoms with Crippen molar-refractivity contribution in [1.29, 1.82) is 0 Å². The van der Waals surface area contributed by atoms with Crippen molar-refractivity contribution in [3.63, 3.8) is 0 Å². The van der Waals surface area contributed by atoms with E-state index in [2.05, 4.69) is 36.1 Å². The summed E-state index contributed by atoms with van der Waals surface area (Å²) in [6, 6.07) is 8.56. The molecular weight excluding hydrogens is 250 g/mol. The molecule has 4 nitrogen and oxygen atoms in total. The Hall–Kier alpha value is -1.65. The van der Waals surface area contributed by atoms with Crippen molar-refractivity contribution in [2.24, 2.45) is 5.73 Å². The van der Waals surface area contributed by atoms with E-state index in [9.17, 15) is 0 Å². The number of anilines is 1. The molecule has 0 amide bonds. The minimum absolute atomic E-state index is 0.649. The van der Waals surface area contributed by atoms with Crippen LogP contribution in [0.1, 0.15) is 11.1 Å². The quantitative estimate of drug-likeness (QED) is 0.926. The van der Waals surface area contributed by atoms with Crippen molar-refractivity contribution >= 4 is 16.7 Å². The van der Waals surface area contributed by atoms with E-state index in [1.54, 1.807) is 0 Å². The fourth-order valence-electron chi connectivity index (χ4n) is 2.77. The molecule has 2 heterocycles. The Kier molecular flexibility index (Phi) is 3.85. The summed E-state index contributed by atoms with van der Waals surface area (Å²) in [6.45, 7) is 6.12. The van der Waals surface area contributed by atoms with Crippen LogP contribution in [0.5, 0.6) is 0 Å². The molecule has 2 N–H and O–H groups in total. The fourth-order valence-corrected chi connectivity index (χ4v) is 2.77. The number of rotatable bonds is 3. The topological polar surface area (TPSA) is 51.4 Å². The van der Waals surface area contributed by atoms with Gasteiger partial charge in [0.15, 0.2) is 0 Å². The highest BCUT2D eigenvalue weighted by atomic mass is 16.5. The van der Waals surface area contributed by atoms with Gasteiger partial charge in [-0.15, -0.1) is 0 Å². The molecule has 1 aromatic heterocycles. The van der Waals surface area contributed by atoms with Crippen LogP contribution in [0, 0.1) is 6.92 Å². The Morgan fingerprint density at radius 2 is 2.10 bits per heavy atom. The summed E-state index contributed by atoms with van der Waals surface area (Å²) in [4.78, 5) is 7.25. The molecule has 0 radical (unpaired) electrons. The van der Waals surface area contributed by atoms with Crippen LogP contribution in [-0.2, 0) is 11.2 Å². The average Bonchev–Trinajstić information content (AvgIpc) is 2.48. The highest BCUT2D eigenvalue weighted by Gasteiger charge is 2.17. The second-order valence-electron chi connectivity index (χ2n) is 5.26. The molecule has 106 valence electrons. The maximum Gasteiger partial charge on any atom is 0.132 e. The number of benzene rings is 1. The van der Waals surface area contributed by atoms with Crippen LogP contribution in [0.2, 0.25) is 0 Å². The van der Waals surface area contributed by atoms with E-state index in [4.69, 9.17) is 15.5 Å². The number of pyridine rings is 1. The van der Waals surface area contributed by atoms with Crippen LogP contribution >= 0.6 is 0 Å². The van der Waals surface area contributed by atoms with Gasteiger partial charge in [0.05, 0.1) is 18.7 Å². The average molecular weight is 271 g/mol. The first-order valence-corrected chi connectivity index (χ1v) is 7.21. The zero-order chi connectivity index (χ0) is 13.9. The number of morpholine rings is 1. The van der Waals surface area contributed by atoms with Gasteiger partial charge in [0.2, 0.25) is 0 Å². The van der Waals surface area contributed by atoms with Crippen molar-refractivity contribution in [2.75, 3.05) is 37.7 Å². The monoisotopic (exact) mass is 271 g/mol. The van der Waals surface area contributed by atoms with E-state index in [0.717, 1.165) is 44.1 Å². The van der Waals surface area contributed by atoms with Gasteiger partial charge in [-0.3, -0.25) is 0 Å². The first-order valence-electron chi connectivity index (χ1n) is 7.21. The third kappa shape index (κ3) is 2.49. The molecule has 20 heavy (non-hydrogen) atoms. The number of fused-ring (bicyclic) bond motifs is 1. The van der Waals surface area contributed by atoms with Crippen molar-refractivity contribution in [3.8, 4) is 0 Å². The maximum atomic E-state index is 5.76. The van der Waals surface area contributed by atoms with Crippen molar-refractivity contribution in [1.82, 2.24) is 4.98 Å². The summed E-state index contributed by atoms with van der Waals surface area (Å²) in [5.41, 5.74) is 9.32. The lowest BCUT2D eigenvalue weighted by Gasteiger charge is -2.30. The molecule has 0 unspecified atom stereocenters. The van der Waals surface area contributed by atoms with Gasteiger partial charge in [0.25, 0.3) is 0 Å². The van der Waals surface area contributed by atoms with Gasteiger partial charge in [-0.05, 0) is 37.1 Å². The molecule has 1 fully saturated rings. The molecule has 3 rings (SSSR count). The summed E-state index contributed by atoms with van der Waals surface area (Å²) in [5.74, 6) is 1.08. The van der Waals surface area contributed by atoms with Crippen molar-refractivity contribution < 1.29 is 4.74 Å². The van der Waals surface area contributed by atoms with E-state index in [1.165, 1.54) is 16.5 Å². The van der Waals surface area contributed by atoms with Crippen LogP contribution in [-0.4, -0.2) is 37.8 Å². The number of hydrogen-bond donors (Lipinski definition) is 1. The van der Waals surface area contributed by atoms with Crippen molar-refractivity contribution in [2.45, 2.75) is 13.3 Å². The van der Waals surface area contributed by atoms with Gasteiger partial charge in [0, 0.05) is 18.5 Å². The largest absolute Gasteiger partial charge is 0.378 e. The van der Waals surface area contributed by atoms with Crippen LogP contribution < -0.4 is 10.6 Å². The number of aryl methyl sites for hydroxylation is 1. The Morgan fingerprint density at radius 1 is 1.30 bits per heavy atom. The highest BCUT2D eigenvalue weighted by Crippen LogP contribution is 2.26. The predicted molar refractivity (Wildman–Crippen MR) is 82.3 cm³/mol. The molecular formula is C16H21N3O. The number of nitrogens with two attached hydrogens (primary N) is 1. The van der Waals surface area contributed by atoms with Gasteiger partial charge in [-0.2, -0.15) is 0 Å². The number of nitrogens with zero attached hydrogens (tertiary/aromatic N) is 2. The molecule has 4 heteroatoms. The number of para-hydroxylation sites is 1.